The van der Waals surface area contributed by atoms with Crippen LogP contribution in [0.25, 0.3) is 0 Å². The highest BCUT2D eigenvalue weighted by Gasteiger charge is 2.33. The molecule has 0 aromatic heterocycles. The van der Waals surface area contributed by atoms with Gasteiger partial charge >= 0.3 is 0 Å². The number of hydrogen-bond acceptors (Lipinski definition) is 2. The van der Waals surface area contributed by atoms with Gasteiger partial charge in [-0.1, -0.05) is 19.8 Å². The lowest BCUT2D eigenvalue weighted by molar-refractivity contribution is 0.0984. The Labute approximate surface area is 101 Å². The zero-order valence-corrected chi connectivity index (χ0v) is 11.0. The van der Waals surface area contributed by atoms with E-state index in [0.717, 1.165) is 17.9 Å². The standard InChI is InChI=1S/C14H28N2/c1-3-13-7-4-8-14(13)16-9-5-6-12(11-16)10-15-2/h12-15H,3-11H2,1-2H3. The quantitative estimate of drug-likeness (QED) is 0.789. The van der Waals surface area contributed by atoms with E-state index in [0.29, 0.717) is 0 Å². The fourth-order valence-electron chi connectivity index (χ4n) is 3.83. The zero-order chi connectivity index (χ0) is 11.4. The number of nitrogens with zero attached hydrogens (tertiary/aromatic N) is 1. The molecule has 2 nitrogen and oxygen atoms in total. The average molecular weight is 224 g/mol. The largest absolute Gasteiger partial charge is 0.319 e. The van der Waals surface area contributed by atoms with Crippen molar-refractivity contribution in [3.05, 3.63) is 0 Å². The fourth-order valence-corrected chi connectivity index (χ4v) is 3.83. The van der Waals surface area contributed by atoms with Gasteiger partial charge in [0.15, 0.2) is 0 Å². The summed E-state index contributed by atoms with van der Waals surface area (Å²) in [6, 6.07) is 0.921. The Morgan fingerprint density at radius 1 is 1.19 bits per heavy atom. The molecule has 0 aromatic carbocycles. The molecule has 3 unspecified atom stereocenters. The predicted octanol–water partition coefficient (Wildman–Crippen LogP) is 2.50. The molecule has 0 amide bonds. The molecular weight excluding hydrogens is 196 g/mol. The molecular formula is C14H28N2. The first kappa shape index (κ1) is 12.4. The van der Waals surface area contributed by atoms with Crippen LogP contribution in [0.15, 0.2) is 0 Å². The molecule has 1 saturated heterocycles. The first-order valence-corrected chi connectivity index (χ1v) is 7.23. The number of piperidine rings is 1. The molecule has 2 aliphatic rings. The Kier molecular flexibility index (Phi) is 4.66. The van der Waals surface area contributed by atoms with Crippen molar-refractivity contribution in [2.75, 3.05) is 26.7 Å². The molecule has 1 aliphatic carbocycles. The Bertz CT molecular complexity index is 203. The molecule has 3 atom stereocenters. The number of nitrogens with one attached hydrogen (secondary N) is 1. The maximum absolute atomic E-state index is 3.35. The van der Waals surface area contributed by atoms with Gasteiger partial charge in [-0.05, 0) is 57.7 Å². The van der Waals surface area contributed by atoms with Crippen LogP contribution in [0, 0.1) is 11.8 Å². The summed E-state index contributed by atoms with van der Waals surface area (Å²) in [6.45, 7) is 6.29. The second-order valence-electron chi connectivity index (χ2n) is 5.73. The molecule has 2 rings (SSSR count). The molecule has 94 valence electrons. The van der Waals surface area contributed by atoms with E-state index in [1.54, 1.807) is 0 Å². The summed E-state index contributed by atoms with van der Waals surface area (Å²) in [6.07, 6.45) is 8.65. The van der Waals surface area contributed by atoms with E-state index >= 15 is 0 Å². The van der Waals surface area contributed by atoms with E-state index in [9.17, 15) is 0 Å². The van der Waals surface area contributed by atoms with Crippen molar-refractivity contribution in [1.29, 1.82) is 0 Å². The molecule has 1 N–H and O–H groups in total. The molecule has 0 aromatic rings. The van der Waals surface area contributed by atoms with Crippen molar-refractivity contribution in [3.8, 4) is 0 Å². The van der Waals surface area contributed by atoms with E-state index in [4.69, 9.17) is 0 Å². The molecule has 0 spiro atoms. The first-order chi connectivity index (χ1) is 7.85. The second-order valence-corrected chi connectivity index (χ2v) is 5.73. The van der Waals surface area contributed by atoms with E-state index in [-0.39, 0.29) is 0 Å². The third-order valence-corrected chi connectivity index (χ3v) is 4.66. The fraction of sp³-hybridized carbons (Fsp3) is 1.00. The van der Waals surface area contributed by atoms with Crippen LogP contribution in [0.2, 0.25) is 0 Å². The lowest BCUT2D eigenvalue weighted by Crippen LogP contribution is -2.46. The minimum atomic E-state index is 0.900. The number of rotatable bonds is 4. The summed E-state index contributed by atoms with van der Waals surface area (Å²) in [7, 11) is 2.09. The first-order valence-electron chi connectivity index (χ1n) is 7.23. The van der Waals surface area contributed by atoms with Crippen molar-refractivity contribution in [2.45, 2.75) is 51.5 Å². The van der Waals surface area contributed by atoms with Gasteiger partial charge in [0, 0.05) is 12.6 Å². The van der Waals surface area contributed by atoms with Crippen LogP contribution < -0.4 is 5.32 Å². The Morgan fingerprint density at radius 3 is 2.81 bits per heavy atom. The van der Waals surface area contributed by atoms with Crippen molar-refractivity contribution < 1.29 is 0 Å². The van der Waals surface area contributed by atoms with Gasteiger partial charge in [-0.25, -0.2) is 0 Å². The van der Waals surface area contributed by atoms with E-state index in [1.807, 2.05) is 0 Å². The van der Waals surface area contributed by atoms with Crippen LogP contribution in [0.3, 0.4) is 0 Å². The number of likely N-dealkylation sites (tertiary alicyclic amines) is 1. The highest BCUT2D eigenvalue weighted by Crippen LogP contribution is 2.34. The molecule has 2 heteroatoms. The molecule has 0 radical (unpaired) electrons. The van der Waals surface area contributed by atoms with E-state index < -0.39 is 0 Å². The van der Waals surface area contributed by atoms with Crippen LogP contribution >= 0.6 is 0 Å². The van der Waals surface area contributed by atoms with Gasteiger partial charge < -0.3 is 5.32 Å². The van der Waals surface area contributed by atoms with Gasteiger partial charge in [-0.15, -0.1) is 0 Å². The Balaban J connectivity index is 1.88. The minimum Gasteiger partial charge on any atom is -0.319 e. The van der Waals surface area contributed by atoms with E-state index in [2.05, 4.69) is 24.2 Å². The van der Waals surface area contributed by atoms with E-state index in [1.165, 1.54) is 58.2 Å². The van der Waals surface area contributed by atoms with Crippen molar-refractivity contribution in [1.82, 2.24) is 10.2 Å². The third kappa shape index (κ3) is 2.78. The van der Waals surface area contributed by atoms with Crippen molar-refractivity contribution in [3.63, 3.8) is 0 Å². The predicted molar refractivity (Wildman–Crippen MR) is 69.6 cm³/mol. The summed E-state index contributed by atoms with van der Waals surface area (Å²) in [5.74, 6) is 1.89. The summed E-state index contributed by atoms with van der Waals surface area (Å²) >= 11 is 0. The topological polar surface area (TPSA) is 15.3 Å². The monoisotopic (exact) mass is 224 g/mol. The molecule has 1 heterocycles. The highest BCUT2D eigenvalue weighted by atomic mass is 15.2. The summed E-state index contributed by atoms with van der Waals surface area (Å²) in [4.78, 5) is 2.81. The Hall–Kier alpha value is -0.0800. The van der Waals surface area contributed by atoms with Gasteiger partial charge in [0.2, 0.25) is 0 Å². The summed E-state index contributed by atoms with van der Waals surface area (Å²) in [5.41, 5.74) is 0. The van der Waals surface area contributed by atoms with Gasteiger partial charge in [0.25, 0.3) is 0 Å². The maximum atomic E-state index is 3.35. The van der Waals surface area contributed by atoms with Crippen LogP contribution in [0.4, 0.5) is 0 Å². The molecule has 1 aliphatic heterocycles. The second kappa shape index (κ2) is 6.02. The highest BCUT2D eigenvalue weighted by molar-refractivity contribution is 4.87. The van der Waals surface area contributed by atoms with Gasteiger partial charge in [-0.2, -0.15) is 0 Å². The molecule has 0 bridgehead atoms. The smallest absolute Gasteiger partial charge is 0.0123 e. The number of hydrogen-bond donors (Lipinski definition) is 1. The van der Waals surface area contributed by atoms with Crippen molar-refractivity contribution >= 4 is 0 Å². The van der Waals surface area contributed by atoms with Crippen LogP contribution in [-0.2, 0) is 0 Å². The third-order valence-electron chi connectivity index (χ3n) is 4.66. The Morgan fingerprint density at radius 2 is 2.06 bits per heavy atom. The van der Waals surface area contributed by atoms with Crippen LogP contribution in [0.1, 0.15) is 45.4 Å². The van der Waals surface area contributed by atoms with Crippen LogP contribution in [-0.4, -0.2) is 37.6 Å². The molecule has 16 heavy (non-hydrogen) atoms. The normalized spacial score (nSPS) is 36.8. The SMILES string of the molecule is CCC1CCCC1N1CCCC(CNC)C1. The van der Waals surface area contributed by atoms with Gasteiger partial charge in [0.05, 0.1) is 0 Å². The summed E-state index contributed by atoms with van der Waals surface area (Å²) < 4.78 is 0. The summed E-state index contributed by atoms with van der Waals surface area (Å²) in [5, 5.41) is 3.35. The lowest BCUT2D eigenvalue weighted by atomic mass is 9.92. The minimum absolute atomic E-state index is 0.900. The molecule has 2 fully saturated rings. The van der Waals surface area contributed by atoms with Crippen LogP contribution in [0.5, 0.6) is 0 Å². The zero-order valence-electron chi connectivity index (χ0n) is 11.0. The van der Waals surface area contributed by atoms with Crippen molar-refractivity contribution in [2.24, 2.45) is 11.8 Å². The van der Waals surface area contributed by atoms with Gasteiger partial charge in [0.1, 0.15) is 0 Å². The van der Waals surface area contributed by atoms with Gasteiger partial charge in [-0.3, -0.25) is 4.90 Å². The molecule has 1 saturated carbocycles. The maximum Gasteiger partial charge on any atom is 0.0123 e. The average Bonchev–Trinajstić information content (AvgIpc) is 2.78. The lowest BCUT2D eigenvalue weighted by Gasteiger charge is -2.39.